The van der Waals surface area contributed by atoms with E-state index in [0.29, 0.717) is 17.9 Å². The van der Waals surface area contributed by atoms with Crippen molar-refractivity contribution in [2.24, 2.45) is 5.92 Å². The molecule has 0 spiro atoms. The van der Waals surface area contributed by atoms with E-state index in [9.17, 15) is 17.2 Å². The van der Waals surface area contributed by atoms with Crippen LogP contribution >= 0.6 is 11.6 Å². The molecule has 0 heterocycles. The molecule has 1 aliphatic rings. The highest BCUT2D eigenvalue weighted by molar-refractivity contribution is 7.92. The highest BCUT2D eigenvalue weighted by Crippen LogP contribution is 2.49. The van der Waals surface area contributed by atoms with Gasteiger partial charge in [-0.05, 0) is 67.6 Å². The Balaban J connectivity index is 2.30. The molecule has 0 saturated heterocycles. The number of rotatable bonds is 2. The number of hydrogen-bond acceptors (Lipinski definition) is 2. The van der Waals surface area contributed by atoms with Crippen LogP contribution in [0.15, 0.2) is 41.3 Å². The molecule has 0 fully saturated rings. The molecule has 2 atom stereocenters. The van der Waals surface area contributed by atoms with Crippen LogP contribution < -0.4 is 0 Å². The Kier molecular flexibility index (Phi) is 4.21. The molecule has 24 heavy (non-hydrogen) atoms. The van der Waals surface area contributed by atoms with Crippen molar-refractivity contribution < 1.29 is 17.2 Å². The van der Waals surface area contributed by atoms with Gasteiger partial charge in [0.15, 0.2) is 9.84 Å². The van der Waals surface area contributed by atoms with Crippen molar-refractivity contribution in [3.05, 3.63) is 64.2 Å². The smallest absolute Gasteiger partial charge is 0.188 e. The highest BCUT2D eigenvalue weighted by Gasteiger charge is 2.51. The third kappa shape index (κ3) is 2.37. The predicted octanol–water partition coefficient (Wildman–Crippen LogP) is 4.89. The van der Waals surface area contributed by atoms with Gasteiger partial charge < -0.3 is 0 Å². The van der Waals surface area contributed by atoms with Crippen LogP contribution in [0.3, 0.4) is 0 Å². The zero-order valence-corrected chi connectivity index (χ0v) is 14.9. The summed E-state index contributed by atoms with van der Waals surface area (Å²) in [6, 6.07) is 7.83. The monoisotopic (exact) mass is 370 g/mol. The molecule has 0 saturated carbocycles. The van der Waals surface area contributed by atoms with Crippen molar-refractivity contribution in [1.29, 1.82) is 0 Å². The van der Waals surface area contributed by atoms with E-state index in [-0.39, 0.29) is 21.9 Å². The third-order valence-electron chi connectivity index (χ3n) is 5.15. The quantitative estimate of drug-likeness (QED) is 0.754. The van der Waals surface area contributed by atoms with Crippen LogP contribution in [0.2, 0.25) is 5.02 Å². The lowest BCUT2D eigenvalue weighted by atomic mass is 9.75. The molecule has 0 N–H and O–H groups in total. The molecule has 1 aliphatic carbocycles. The normalized spacial score (nSPS) is 23.8. The van der Waals surface area contributed by atoms with Crippen molar-refractivity contribution in [2.75, 3.05) is 0 Å². The topological polar surface area (TPSA) is 34.1 Å². The molecule has 0 unspecified atom stereocenters. The van der Waals surface area contributed by atoms with E-state index < -0.39 is 26.2 Å². The van der Waals surface area contributed by atoms with E-state index in [4.69, 9.17) is 11.6 Å². The summed E-state index contributed by atoms with van der Waals surface area (Å²) in [5.74, 6) is -1.60. The van der Waals surface area contributed by atoms with Crippen molar-refractivity contribution in [3.8, 4) is 0 Å². The van der Waals surface area contributed by atoms with E-state index in [1.807, 2.05) is 0 Å². The maximum Gasteiger partial charge on any atom is 0.188 e. The van der Waals surface area contributed by atoms with Gasteiger partial charge in [0.1, 0.15) is 16.4 Å². The lowest BCUT2D eigenvalue weighted by Crippen LogP contribution is -2.43. The molecule has 128 valence electrons. The van der Waals surface area contributed by atoms with Crippen molar-refractivity contribution in [2.45, 2.75) is 36.3 Å². The minimum atomic E-state index is -3.95. The molecule has 0 radical (unpaired) electrons. The Morgan fingerprint density at radius 2 is 1.67 bits per heavy atom. The van der Waals surface area contributed by atoms with E-state index in [1.54, 1.807) is 6.92 Å². The first kappa shape index (κ1) is 17.4. The highest BCUT2D eigenvalue weighted by atomic mass is 35.5. The van der Waals surface area contributed by atoms with Gasteiger partial charge >= 0.3 is 0 Å². The summed E-state index contributed by atoms with van der Waals surface area (Å²) in [4.78, 5) is 0.0535. The number of fused-ring (bicyclic) bond motifs is 1. The summed E-state index contributed by atoms with van der Waals surface area (Å²) < 4.78 is 53.9. The fraction of sp³-hybridized carbons (Fsp3) is 0.333. The molecule has 6 heteroatoms. The molecule has 0 amide bonds. The van der Waals surface area contributed by atoms with Crippen LogP contribution in [0.1, 0.15) is 31.4 Å². The van der Waals surface area contributed by atoms with Gasteiger partial charge in [0.25, 0.3) is 0 Å². The average molecular weight is 371 g/mol. The van der Waals surface area contributed by atoms with Crippen molar-refractivity contribution in [3.63, 3.8) is 0 Å². The van der Waals surface area contributed by atoms with E-state index in [2.05, 4.69) is 0 Å². The van der Waals surface area contributed by atoms with Gasteiger partial charge in [-0.15, -0.1) is 0 Å². The summed E-state index contributed by atoms with van der Waals surface area (Å²) in [7, 11) is -3.95. The summed E-state index contributed by atoms with van der Waals surface area (Å²) in [5.41, 5.74) is 0.115. The maximum atomic E-state index is 14.6. The zero-order valence-electron chi connectivity index (χ0n) is 13.3. The first-order valence-electron chi connectivity index (χ1n) is 7.67. The molecule has 2 aromatic carbocycles. The minimum absolute atomic E-state index is 0.0452. The molecule has 3 rings (SSSR count). The summed E-state index contributed by atoms with van der Waals surface area (Å²) in [6.07, 6.45) is 0.794. The minimum Gasteiger partial charge on any atom is -0.223 e. The summed E-state index contributed by atoms with van der Waals surface area (Å²) in [5, 5.41) is 0.411. The Labute approximate surface area is 145 Å². The Bertz CT molecular complexity index is 894. The average Bonchev–Trinajstić information content (AvgIpc) is 2.54. The van der Waals surface area contributed by atoms with Gasteiger partial charge in [-0.2, -0.15) is 0 Å². The molecule has 2 aromatic rings. The van der Waals surface area contributed by atoms with Crippen molar-refractivity contribution in [1.82, 2.24) is 0 Å². The molecular weight excluding hydrogens is 354 g/mol. The van der Waals surface area contributed by atoms with Gasteiger partial charge in [0, 0.05) is 10.6 Å². The Hall–Kier alpha value is -1.46. The SMILES string of the molecule is C[C@H]1CCc2c(F)ccc(F)c2[C@]1(C)S(=O)(=O)c1ccc(Cl)cc1. The van der Waals surface area contributed by atoms with E-state index in [0.717, 1.165) is 12.1 Å². The number of halogens is 3. The largest absolute Gasteiger partial charge is 0.223 e. The molecule has 2 nitrogen and oxygen atoms in total. The zero-order chi connectivity index (χ0) is 17.7. The fourth-order valence-electron chi connectivity index (χ4n) is 3.52. The predicted molar refractivity (Wildman–Crippen MR) is 89.8 cm³/mol. The van der Waals surface area contributed by atoms with E-state index >= 15 is 0 Å². The van der Waals surface area contributed by atoms with Crippen molar-refractivity contribution >= 4 is 21.4 Å². The Morgan fingerprint density at radius 3 is 2.29 bits per heavy atom. The van der Waals surface area contributed by atoms with Crippen LogP contribution in [0.4, 0.5) is 8.78 Å². The molecule has 0 aromatic heterocycles. The number of sulfone groups is 1. The summed E-state index contributed by atoms with van der Waals surface area (Å²) in [6.45, 7) is 3.25. The Morgan fingerprint density at radius 1 is 1.08 bits per heavy atom. The van der Waals surface area contributed by atoms with Gasteiger partial charge in [-0.3, -0.25) is 0 Å². The van der Waals surface area contributed by atoms with Crippen LogP contribution in [-0.4, -0.2) is 8.42 Å². The van der Waals surface area contributed by atoms with Gasteiger partial charge in [0.2, 0.25) is 0 Å². The van der Waals surface area contributed by atoms with Crippen LogP contribution in [0.25, 0.3) is 0 Å². The lowest BCUT2D eigenvalue weighted by molar-refractivity contribution is 0.344. The van der Waals surface area contributed by atoms with Crippen LogP contribution in [0, 0.1) is 17.6 Å². The molecular formula is C18H17ClF2O2S. The maximum absolute atomic E-state index is 14.6. The van der Waals surface area contributed by atoms with Crippen LogP contribution in [-0.2, 0) is 21.0 Å². The first-order valence-corrected chi connectivity index (χ1v) is 9.53. The number of benzene rings is 2. The second-order valence-corrected chi connectivity index (χ2v) is 9.15. The first-order chi connectivity index (χ1) is 11.2. The van der Waals surface area contributed by atoms with Gasteiger partial charge in [-0.25, -0.2) is 17.2 Å². The van der Waals surface area contributed by atoms with Gasteiger partial charge in [-0.1, -0.05) is 18.5 Å². The second-order valence-electron chi connectivity index (χ2n) is 6.39. The second kappa shape index (κ2) is 5.81. The standard InChI is InChI=1S/C18H17ClF2O2S/c1-11-3-8-14-15(20)9-10-16(21)17(14)18(11,2)24(22,23)13-6-4-12(19)5-7-13/h4-7,9-11H,3,8H2,1-2H3/t11-,18+/m0/s1. The van der Waals surface area contributed by atoms with Gasteiger partial charge in [0.05, 0.1) is 4.90 Å². The number of hydrogen-bond donors (Lipinski definition) is 0. The molecule has 0 bridgehead atoms. The third-order valence-corrected chi connectivity index (χ3v) is 8.02. The van der Waals surface area contributed by atoms with Crippen LogP contribution in [0.5, 0.6) is 0 Å². The summed E-state index contributed by atoms with van der Waals surface area (Å²) >= 11 is 5.83. The lowest BCUT2D eigenvalue weighted by Gasteiger charge is -2.41. The fourth-order valence-corrected chi connectivity index (χ4v) is 5.76. The van der Waals surface area contributed by atoms with E-state index in [1.165, 1.54) is 31.2 Å². The molecule has 0 aliphatic heterocycles.